The molecule has 17 heavy (non-hydrogen) atoms. The number of hydrogen-bond acceptors (Lipinski definition) is 2. The van der Waals surface area contributed by atoms with E-state index in [0.29, 0.717) is 32.5 Å². The van der Waals surface area contributed by atoms with E-state index in [0.717, 1.165) is 5.56 Å². The first-order valence-electron chi connectivity index (χ1n) is 4.67. The van der Waals surface area contributed by atoms with Crippen molar-refractivity contribution in [2.75, 3.05) is 0 Å². The molecule has 0 saturated carbocycles. The van der Waals surface area contributed by atoms with Gasteiger partial charge in [-0.2, -0.15) is 0 Å². The SMILES string of the molecule is O=Cc1c(Cl)cncc1-c1ccc(Cl)c(Cl)c1. The van der Waals surface area contributed by atoms with Crippen LogP contribution in [0.3, 0.4) is 0 Å². The minimum atomic E-state index is 0.309. The molecule has 0 aliphatic rings. The summed E-state index contributed by atoms with van der Waals surface area (Å²) in [4.78, 5) is 15.0. The number of nitrogens with zero attached hydrogens (tertiary/aromatic N) is 1. The van der Waals surface area contributed by atoms with Crippen LogP contribution in [0.25, 0.3) is 11.1 Å². The molecule has 0 spiro atoms. The van der Waals surface area contributed by atoms with E-state index < -0.39 is 0 Å². The molecule has 2 rings (SSSR count). The highest BCUT2D eigenvalue weighted by Crippen LogP contribution is 2.31. The van der Waals surface area contributed by atoms with Crippen molar-refractivity contribution in [3.05, 3.63) is 51.2 Å². The molecule has 0 N–H and O–H groups in total. The fourth-order valence-electron chi connectivity index (χ4n) is 1.46. The Labute approximate surface area is 113 Å². The molecule has 0 aliphatic carbocycles. The van der Waals surface area contributed by atoms with E-state index in [4.69, 9.17) is 34.8 Å². The van der Waals surface area contributed by atoms with Gasteiger partial charge in [0.25, 0.3) is 0 Å². The Morgan fingerprint density at radius 3 is 2.41 bits per heavy atom. The lowest BCUT2D eigenvalue weighted by atomic mass is 10.0. The number of rotatable bonds is 2. The Kier molecular flexibility index (Phi) is 3.67. The van der Waals surface area contributed by atoms with Crippen molar-refractivity contribution in [2.24, 2.45) is 0 Å². The van der Waals surface area contributed by atoms with Gasteiger partial charge >= 0.3 is 0 Å². The topological polar surface area (TPSA) is 30.0 Å². The van der Waals surface area contributed by atoms with Crippen LogP contribution in [0.5, 0.6) is 0 Å². The summed E-state index contributed by atoms with van der Waals surface area (Å²) in [5, 5.41) is 1.18. The molecule has 86 valence electrons. The third kappa shape index (κ3) is 2.44. The third-order valence-electron chi connectivity index (χ3n) is 2.29. The number of carbonyl (C=O) groups is 1. The number of benzene rings is 1. The maximum Gasteiger partial charge on any atom is 0.152 e. The third-order valence-corrected chi connectivity index (χ3v) is 3.33. The summed E-state index contributed by atoms with van der Waals surface area (Å²) in [6.07, 6.45) is 3.68. The van der Waals surface area contributed by atoms with E-state index in [-0.39, 0.29) is 0 Å². The van der Waals surface area contributed by atoms with Crippen LogP contribution >= 0.6 is 34.8 Å². The van der Waals surface area contributed by atoms with Crippen LogP contribution in [0.1, 0.15) is 10.4 Å². The summed E-state index contributed by atoms with van der Waals surface area (Å²) in [6.45, 7) is 0. The van der Waals surface area contributed by atoms with E-state index in [1.807, 2.05) is 0 Å². The molecule has 0 amide bonds. The lowest BCUT2D eigenvalue weighted by molar-refractivity contribution is 0.112. The van der Waals surface area contributed by atoms with Crippen LogP contribution in [0.15, 0.2) is 30.6 Å². The van der Waals surface area contributed by atoms with Crippen LogP contribution in [0, 0.1) is 0 Å². The number of aldehydes is 1. The van der Waals surface area contributed by atoms with Gasteiger partial charge in [-0.3, -0.25) is 9.78 Å². The number of hydrogen-bond donors (Lipinski definition) is 0. The average Bonchev–Trinajstić information content (AvgIpc) is 2.32. The Morgan fingerprint density at radius 1 is 1.00 bits per heavy atom. The van der Waals surface area contributed by atoms with E-state index in [2.05, 4.69) is 4.98 Å². The first kappa shape index (κ1) is 12.4. The molecule has 0 bridgehead atoms. The van der Waals surface area contributed by atoms with Crippen LogP contribution in [-0.4, -0.2) is 11.3 Å². The summed E-state index contributed by atoms with van der Waals surface area (Å²) in [6, 6.07) is 5.09. The predicted molar refractivity (Wildman–Crippen MR) is 70.1 cm³/mol. The van der Waals surface area contributed by atoms with Crippen LogP contribution < -0.4 is 0 Å². The minimum Gasteiger partial charge on any atom is -0.298 e. The molecule has 1 heterocycles. The Hall–Kier alpha value is -1.09. The average molecular weight is 287 g/mol. The second-order valence-corrected chi connectivity index (χ2v) is 4.55. The summed E-state index contributed by atoms with van der Waals surface area (Å²) in [7, 11) is 0. The molecule has 0 aliphatic heterocycles. The van der Waals surface area contributed by atoms with Gasteiger partial charge in [-0.15, -0.1) is 0 Å². The smallest absolute Gasteiger partial charge is 0.152 e. The van der Waals surface area contributed by atoms with Crippen molar-refractivity contribution in [1.29, 1.82) is 0 Å². The molecule has 0 radical (unpaired) electrons. The van der Waals surface area contributed by atoms with Crippen molar-refractivity contribution in [3.8, 4) is 11.1 Å². The van der Waals surface area contributed by atoms with Crippen LogP contribution in [0.2, 0.25) is 15.1 Å². The first-order valence-corrected chi connectivity index (χ1v) is 5.81. The predicted octanol–water partition coefficient (Wildman–Crippen LogP) is 4.52. The van der Waals surface area contributed by atoms with Gasteiger partial charge in [-0.1, -0.05) is 40.9 Å². The summed E-state index contributed by atoms with van der Waals surface area (Å²) in [5.74, 6) is 0. The van der Waals surface area contributed by atoms with Crippen molar-refractivity contribution in [3.63, 3.8) is 0 Å². The molecule has 5 heteroatoms. The van der Waals surface area contributed by atoms with E-state index in [1.54, 1.807) is 24.4 Å². The Morgan fingerprint density at radius 2 is 1.76 bits per heavy atom. The summed E-state index contributed by atoms with van der Waals surface area (Å²) in [5.41, 5.74) is 1.77. The second-order valence-electron chi connectivity index (χ2n) is 3.33. The molecular formula is C12H6Cl3NO. The normalized spacial score (nSPS) is 10.3. The first-order chi connectivity index (χ1) is 8.13. The monoisotopic (exact) mass is 285 g/mol. The number of carbonyl (C=O) groups excluding carboxylic acids is 1. The lowest BCUT2D eigenvalue weighted by Gasteiger charge is -2.07. The largest absolute Gasteiger partial charge is 0.298 e. The summed E-state index contributed by atoms with van der Waals surface area (Å²) >= 11 is 17.7. The Bertz CT molecular complexity index is 584. The zero-order valence-corrected chi connectivity index (χ0v) is 10.7. The number of aromatic nitrogens is 1. The number of halogens is 3. The molecule has 1 aromatic carbocycles. The minimum absolute atomic E-state index is 0.309. The molecule has 0 fully saturated rings. The highest BCUT2D eigenvalue weighted by molar-refractivity contribution is 6.42. The van der Waals surface area contributed by atoms with Crippen LogP contribution in [-0.2, 0) is 0 Å². The van der Waals surface area contributed by atoms with Gasteiger partial charge in [-0.25, -0.2) is 0 Å². The van der Waals surface area contributed by atoms with Crippen molar-refractivity contribution >= 4 is 41.1 Å². The number of pyridine rings is 1. The van der Waals surface area contributed by atoms with Crippen molar-refractivity contribution in [2.45, 2.75) is 0 Å². The highest BCUT2D eigenvalue weighted by atomic mass is 35.5. The molecule has 1 aromatic heterocycles. The zero-order chi connectivity index (χ0) is 12.4. The molecule has 2 nitrogen and oxygen atoms in total. The zero-order valence-electron chi connectivity index (χ0n) is 8.45. The van der Waals surface area contributed by atoms with Crippen molar-refractivity contribution in [1.82, 2.24) is 4.98 Å². The fourth-order valence-corrected chi connectivity index (χ4v) is 1.96. The van der Waals surface area contributed by atoms with E-state index in [1.165, 1.54) is 6.20 Å². The van der Waals surface area contributed by atoms with Gasteiger partial charge in [0.1, 0.15) is 0 Å². The highest BCUT2D eigenvalue weighted by Gasteiger charge is 2.10. The summed E-state index contributed by atoms with van der Waals surface area (Å²) < 4.78 is 0. The molecule has 0 unspecified atom stereocenters. The molecule has 2 aromatic rings. The van der Waals surface area contributed by atoms with Gasteiger partial charge < -0.3 is 0 Å². The van der Waals surface area contributed by atoms with E-state index >= 15 is 0 Å². The maximum absolute atomic E-state index is 11.0. The van der Waals surface area contributed by atoms with Crippen LogP contribution in [0.4, 0.5) is 0 Å². The van der Waals surface area contributed by atoms with Gasteiger partial charge in [0.2, 0.25) is 0 Å². The molecule has 0 saturated heterocycles. The molecular weight excluding hydrogens is 280 g/mol. The van der Waals surface area contributed by atoms with E-state index in [9.17, 15) is 4.79 Å². The van der Waals surface area contributed by atoms with Gasteiger partial charge in [0, 0.05) is 23.5 Å². The van der Waals surface area contributed by atoms with Gasteiger partial charge in [0.15, 0.2) is 6.29 Å². The quantitative estimate of drug-likeness (QED) is 0.760. The lowest BCUT2D eigenvalue weighted by Crippen LogP contribution is -1.91. The van der Waals surface area contributed by atoms with Gasteiger partial charge in [-0.05, 0) is 17.7 Å². The maximum atomic E-state index is 11.0. The second kappa shape index (κ2) is 5.05. The standard InChI is InChI=1S/C12H6Cl3NO/c13-10-2-1-7(3-11(10)14)8-4-16-5-12(15)9(8)6-17/h1-6H. The Balaban J connectivity index is 2.64. The van der Waals surface area contributed by atoms with Gasteiger partial charge in [0.05, 0.1) is 15.1 Å². The molecule has 0 atom stereocenters. The fraction of sp³-hybridized carbons (Fsp3) is 0. The van der Waals surface area contributed by atoms with Crippen molar-refractivity contribution < 1.29 is 4.79 Å².